The fraction of sp³-hybridized carbons (Fsp3) is 0. The molecule has 1 aromatic heterocycles. The molecule has 0 saturated carbocycles. The van der Waals surface area contributed by atoms with E-state index >= 15 is 0 Å². The van der Waals surface area contributed by atoms with Gasteiger partial charge in [0.2, 0.25) is 0 Å². The van der Waals surface area contributed by atoms with E-state index in [1.54, 1.807) is 12.1 Å². The van der Waals surface area contributed by atoms with Crippen molar-refractivity contribution >= 4 is 68.6 Å². The number of carboxylic acids is 1. The number of carbonyl (C=O) groups is 2. The average molecular weight is 600 g/mol. The molecule has 0 unspecified atom stereocenters. The van der Waals surface area contributed by atoms with Gasteiger partial charge in [0.05, 0.1) is 0 Å². The molecule has 1 heterocycles. The van der Waals surface area contributed by atoms with Gasteiger partial charge in [-0.3, -0.25) is 0 Å². The Kier molecular flexibility index (Phi) is 6.71. The number of hydrogen-bond donors (Lipinski definition) is 1. The van der Waals surface area contributed by atoms with Gasteiger partial charge in [-0.05, 0) is 0 Å². The maximum atomic E-state index is 13.1. The molecular formula is C22H11As2FN2O6S. The number of halogens is 1. The molecule has 0 spiro atoms. The van der Waals surface area contributed by atoms with E-state index in [0.717, 1.165) is 12.1 Å². The van der Waals surface area contributed by atoms with Gasteiger partial charge in [0, 0.05) is 0 Å². The average Bonchev–Trinajstić information content (AvgIpc) is 3.22. The van der Waals surface area contributed by atoms with Gasteiger partial charge in [-0.2, -0.15) is 0 Å². The van der Waals surface area contributed by atoms with Gasteiger partial charge in [0.25, 0.3) is 0 Å². The van der Waals surface area contributed by atoms with Crippen LogP contribution in [0.5, 0.6) is 0 Å². The van der Waals surface area contributed by atoms with Crippen molar-refractivity contribution in [3.63, 3.8) is 0 Å². The molecule has 168 valence electrons. The second-order valence-electron chi connectivity index (χ2n) is 6.80. The first-order valence-corrected chi connectivity index (χ1v) is 15.9. The first-order valence-electron chi connectivity index (χ1n) is 9.34. The van der Waals surface area contributed by atoms with Crippen LogP contribution < -0.4 is 8.70 Å². The molecule has 2 radical (unpaired) electrons. The Hall–Kier alpha value is -3.24. The van der Waals surface area contributed by atoms with Crippen molar-refractivity contribution in [1.29, 1.82) is 5.26 Å². The number of benzene rings is 3. The maximum absolute atomic E-state index is 13.1. The predicted octanol–water partition coefficient (Wildman–Crippen LogP) is 1.43. The standard InChI is InChI=1S/C22H11As2FN2O6S/c25-14-3-5-15(6-4-14)34(31,32)24-13-2-8-19-17(10-13)20(33-27-19)21(28)23-18-7-1-12(11-26)9-16(18)22(29)30/h1-10H,(H,29,30). The number of nitriles is 1. The summed E-state index contributed by atoms with van der Waals surface area (Å²) in [7, 11) is -3.68. The number of carboxylic acid groups (broad SMARTS) is 1. The second-order valence-corrected chi connectivity index (χ2v) is 16.0. The topological polar surface area (TPSA) is 138 Å². The molecule has 4 aromatic rings. The summed E-state index contributed by atoms with van der Waals surface area (Å²) < 4.78 is 44.1. The molecule has 0 aliphatic rings. The van der Waals surface area contributed by atoms with Crippen LogP contribution in [0.4, 0.5) is 4.39 Å². The van der Waals surface area contributed by atoms with E-state index in [2.05, 4.69) is 5.16 Å². The Morgan fingerprint density at radius 3 is 2.47 bits per heavy atom. The van der Waals surface area contributed by atoms with E-state index < -0.39 is 54.8 Å². The van der Waals surface area contributed by atoms with Crippen LogP contribution in [-0.4, -0.2) is 59.6 Å². The van der Waals surface area contributed by atoms with Gasteiger partial charge in [-0.15, -0.1) is 0 Å². The van der Waals surface area contributed by atoms with Crippen LogP contribution in [0.2, 0.25) is 0 Å². The number of nitrogens with zero attached hydrogens (tertiary/aromatic N) is 2. The van der Waals surface area contributed by atoms with Crippen LogP contribution >= 0.6 is 0 Å². The van der Waals surface area contributed by atoms with Crippen molar-refractivity contribution in [2.45, 2.75) is 4.90 Å². The van der Waals surface area contributed by atoms with Gasteiger partial charge >= 0.3 is 205 Å². The molecule has 0 saturated heterocycles. The summed E-state index contributed by atoms with van der Waals surface area (Å²) in [5.74, 6) is -1.88. The Labute approximate surface area is 204 Å². The summed E-state index contributed by atoms with van der Waals surface area (Å²) in [5.41, 5.74) is 0.384. The number of hydrogen-bond acceptors (Lipinski definition) is 7. The third-order valence-corrected chi connectivity index (χ3v) is 12.8. The van der Waals surface area contributed by atoms with Crippen LogP contribution in [0.15, 0.2) is 70.1 Å². The van der Waals surface area contributed by atoms with Gasteiger partial charge < -0.3 is 0 Å². The molecule has 0 aliphatic carbocycles. The van der Waals surface area contributed by atoms with Crippen molar-refractivity contribution in [2.24, 2.45) is 0 Å². The van der Waals surface area contributed by atoms with Crippen LogP contribution in [0.3, 0.4) is 0 Å². The second kappa shape index (κ2) is 9.55. The molecule has 8 nitrogen and oxygen atoms in total. The summed E-state index contributed by atoms with van der Waals surface area (Å²) in [5, 5.41) is 22.6. The quantitative estimate of drug-likeness (QED) is 0.315. The Balaban J connectivity index is 1.64. The molecular weight excluding hydrogens is 589 g/mol. The third kappa shape index (κ3) is 4.97. The SMILES string of the molecule is N#Cc1ccc([As]C(=O)c2onc3ccc([As]S(=O)(=O)c4ccc(F)cc4)cc23)c(C(=O)O)c1. The van der Waals surface area contributed by atoms with Gasteiger partial charge in [-0.25, -0.2) is 0 Å². The van der Waals surface area contributed by atoms with Crippen LogP contribution in [0, 0.1) is 17.1 Å². The fourth-order valence-corrected chi connectivity index (χ4v) is 10.2. The molecule has 0 atom stereocenters. The molecule has 1 N–H and O–H groups in total. The van der Waals surface area contributed by atoms with Crippen molar-refractivity contribution in [1.82, 2.24) is 5.16 Å². The molecule has 0 amide bonds. The summed E-state index contributed by atoms with van der Waals surface area (Å²) >= 11 is -2.76. The summed E-state index contributed by atoms with van der Waals surface area (Å²) in [6.07, 6.45) is 0. The Bertz CT molecular complexity index is 1590. The number of rotatable bonds is 7. The number of carbonyl (C=O) groups excluding carboxylic acids is 1. The fourth-order valence-electron chi connectivity index (χ4n) is 2.97. The molecule has 4 rings (SSSR count). The Morgan fingerprint density at radius 1 is 1.06 bits per heavy atom. The van der Waals surface area contributed by atoms with E-state index in [-0.39, 0.29) is 21.8 Å². The first kappa shape index (κ1) is 23.9. The molecule has 0 bridgehead atoms. The number of aromatic nitrogens is 1. The molecule has 12 heteroatoms. The Morgan fingerprint density at radius 2 is 1.79 bits per heavy atom. The third-order valence-electron chi connectivity index (χ3n) is 4.57. The number of aromatic carboxylic acids is 1. The number of fused-ring (bicyclic) bond motifs is 1. The van der Waals surface area contributed by atoms with E-state index in [1.165, 1.54) is 36.4 Å². The molecule has 34 heavy (non-hydrogen) atoms. The zero-order valence-electron chi connectivity index (χ0n) is 16.8. The molecule has 3 aromatic carbocycles. The monoisotopic (exact) mass is 600 g/mol. The van der Waals surface area contributed by atoms with Crippen molar-refractivity contribution in [3.8, 4) is 6.07 Å². The minimum absolute atomic E-state index is 0.00244. The predicted molar refractivity (Wildman–Crippen MR) is 121 cm³/mol. The normalized spacial score (nSPS) is 12.0. The van der Waals surface area contributed by atoms with E-state index in [4.69, 9.17) is 9.78 Å². The van der Waals surface area contributed by atoms with Crippen molar-refractivity contribution < 1.29 is 32.0 Å². The summed E-state index contributed by atoms with van der Waals surface area (Å²) in [6.45, 7) is 0. The van der Waals surface area contributed by atoms with Crippen LogP contribution in [-0.2, 0) is 8.10 Å². The molecule has 0 aliphatic heterocycles. The van der Waals surface area contributed by atoms with Crippen LogP contribution in [0.1, 0.15) is 26.5 Å². The van der Waals surface area contributed by atoms with Crippen molar-refractivity contribution in [2.75, 3.05) is 0 Å². The summed E-state index contributed by atoms with van der Waals surface area (Å²) in [4.78, 5) is 24.5. The minimum atomic E-state index is -3.68. The van der Waals surface area contributed by atoms with Gasteiger partial charge in [-0.1, -0.05) is 0 Å². The van der Waals surface area contributed by atoms with E-state index in [1.807, 2.05) is 6.07 Å². The van der Waals surface area contributed by atoms with Crippen molar-refractivity contribution in [3.05, 3.63) is 83.4 Å². The zero-order valence-corrected chi connectivity index (χ0v) is 21.4. The zero-order chi connectivity index (χ0) is 24.5. The molecule has 0 fully saturated rings. The van der Waals surface area contributed by atoms with E-state index in [9.17, 15) is 27.5 Å². The van der Waals surface area contributed by atoms with E-state index in [0.29, 0.717) is 19.6 Å². The summed E-state index contributed by atoms with van der Waals surface area (Å²) in [6, 6.07) is 15.1. The van der Waals surface area contributed by atoms with Crippen LogP contribution in [0.25, 0.3) is 10.9 Å². The first-order chi connectivity index (χ1) is 16.2. The van der Waals surface area contributed by atoms with Gasteiger partial charge in [0.1, 0.15) is 0 Å². The van der Waals surface area contributed by atoms with Gasteiger partial charge in [0.15, 0.2) is 0 Å².